The monoisotopic (exact) mass is 128 g/mol. The predicted octanol–water partition coefficient (Wildman–Crippen LogP) is -0.799. The maximum atomic E-state index is 4.92. The van der Waals surface area contributed by atoms with E-state index in [1.807, 2.05) is 0 Å². The van der Waals surface area contributed by atoms with Gasteiger partial charge in [0.15, 0.2) is 0 Å². The van der Waals surface area contributed by atoms with Crippen molar-refractivity contribution in [3.63, 3.8) is 0 Å². The SMILES string of the molecule is C=C(/C=C\NC)NNN. The Bertz CT molecular complexity index is 108. The van der Waals surface area contributed by atoms with E-state index in [-0.39, 0.29) is 0 Å². The largest absolute Gasteiger partial charge is 0.394 e. The van der Waals surface area contributed by atoms with Crippen molar-refractivity contribution in [1.82, 2.24) is 16.3 Å². The molecule has 0 aromatic heterocycles. The molecule has 0 saturated heterocycles. The number of nitrogens with one attached hydrogen (secondary N) is 3. The smallest absolute Gasteiger partial charge is 0.0443 e. The molecule has 4 heteroatoms. The Kier molecular flexibility index (Phi) is 4.57. The first-order chi connectivity index (χ1) is 4.31. The number of rotatable bonds is 4. The van der Waals surface area contributed by atoms with Gasteiger partial charge in [0, 0.05) is 12.7 Å². The van der Waals surface area contributed by atoms with Crippen molar-refractivity contribution in [2.75, 3.05) is 7.05 Å². The van der Waals surface area contributed by atoms with Crippen LogP contribution in [-0.4, -0.2) is 7.05 Å². The third kappa shape index (κ3) is 4.86. The van der Waals surface area contributed by atoms with Crippen LogP contribution in [0.15, 0.2) is 24.6 Å². The molecule has 0 fully saturated rings. The highest BCUT2D eigenvalue weighted by atomic mass is 15.5. The molecule has 5 N–H and O–H groups in total. The molecule has 52 valence electrons. The fourth-order valence-corrected chi connectivity index (χ4v) is 0.318. The molecular weight excluding hydrogens is 116 g/mol. The van der Waals surface area contributed by atoms with Crippen LogP contribution in [0, 0.1) is 0 Å². The van der Waals surface area contributed by atoms with Crippen LogP contribution in [-0.2, 0) is 0 Å². The average Bonchev–Trinajstić information content (AvgIpc) is 1.85. The number of hydrazine groups is 2. The van der Waals surface area contributed by atoms with Gasteiger partial charge in [-0.15, -0.1) is 0 Å². The predicted molar refractivity (Wildman–Crippen MR) is 37.8 cm³/mol. The van der Waals surface area contributed by atoms with E-state index in [0.717, 1.165) is 0 Å². The van der Waals surface area contributed by atoms with Crippen molar-refractivity contribution in [3.05, 3.63) is 24.6 Å². The van der Waals surface area contributed by atoms with Gasteiger partial charge in [-0.3, -0.25) is 5.84 Å². The van der Waals surface area contributed by atoms with Gasteiger partial charge in [-0.05, 0) is 12.3 Å². The quantitative estimate of drug-likeness (QED) is 0.227. The first kappa shape index (κ1) is 8.00. The summed E-state index contributed by atoms with van der Waals surface area (Å²) in [4.78, 5) is 0. The van der Waals surface area contributed by atoms with E-state index in [4.69, 9.17) is 5.84 Å². The number of hydrogen-bond acceptors (Lipinski definition) is 4. The summed E-state index contributed by atoms with van der Waals surface area (Å²) in [5.41, 5.74) is 5.54. The molecule has 0 atom stereocenters. The molecule has 0 amide bonds. The zero-order chi connectivity index (χ0) is 7.11. The topological polar surface area (TPSA) is 62.1 Å². The zero-order valence-electron chi connectivity index (χ0n) is 5.44. The van der Waals surface area contributed by atoms with Crippen LogP contribution in [0.25, 0.3) is 0 Å². The molecular formula is C5H12N4. The van der Waals surface area contributed by atoms with Crippen LogP contribution >= 0.6 is 0 Å². The Morgan fingerprint density at radius 1 is 1.67 bits per heavy atom. The van der Waals surface area contributed by atoms with Gasteiger partial charge in [-0.2, -0.15) is 5.53 Å². The molecule has 0 aliphatic carbocycles. The molecule has 0 radical (unpaired) electrons. The third-order valence-corrected chi connectivity index (χ3v) is 0.684. The zero-order valence-corrected chi connectivity index (χ0v) is 5.44. The maximum absolute atomic E-state index is 4.92. The Morgan fingerprint density at radius 2 is 2.33 bits per heavy atom. The number of nitrogens with two attached hydrogens (primary N) is 1. The van der Waals surface area contributed by atoms with Crippen LogP contribution in [0.3, 0.4) is 0 Å². The molecule has 0 spiro atoms. The van der Waals surface area contributed by atoms with Gasteiger partial charge in [-0.25, -0.2) is 0 Å². The van der Waals surface area contributed by atoms with Crippen molar-refractivity contribution in [2.24, 2.45) is 5.84 Å². The lowest BCUT2D eigenvalue weighted by molar-refractivity contribution is 0.644. The minimum Gasteiger partial charge on any atom is -0.394 e. The van der Waals surface area contributed by atoms with E-state index in [2.05, 4.69) is 22.9 Å². The average molecular weight is 128 g/mol. The molecule has 0 unspecified atom stereocenters. The lowest BCUT2D eigenvalue weighted by Crippen LogP contribution is -2.36. The second-order valence-electron chi connectivity index (χ2n) is 1.42. The third-order valence-electron chi connectivity index (χ3n) is 0.684. The van der Waals surface area contributed by atoms with Gasteiger partial charge in [0.1, 0.15) is 0 Å². The van der Waals surface area contributed by atoms with Gasteiger partial charge >= 0.3 is 0 Å². The molecule has 0 aliphatic heterocycles. The highest BCUT2D eigenvalue weighted by molar-refractivity contribution is 5.09. The number of hydrogen-bond donors (Lipinski definition) is 4. The normalized spacial score (nSPS) is 9.56. The van der Waals surface area contributed by atoms with Crippen molar-refractivity contribution in [2.45, 2.75) is 0 Å². The van der Waals surface area contributed by atoms with Crippen molar-refractivity contribution in [1.29, 1.82) is 0 Å². The summed E-state index contributed by atoms with van der Waals surface area (Å²) < 4.78 is 0. The summed E-state index contributed by atoms with van der Waals surface area (Å²) in [7, 11) is 1.81. The first-order valence-electron chi connectivity index (χ1n) is 2.55. The minimum absolute atomic E-state index is 0.701. The highest BCUT2D eigenvalue weighted by Crippen LogP contribution is 1.79. The van der Waals surface area contributed by atoms with Gasteiger partial charge in [0.25, 0.3) is 0 Å². The van der Waals surface area contributed by atoms with Gasteiger partial charge in [-0.1, -0.05) is 6.58 Å². The molecule has 0 bridgehead atoms. The van der Waals surface area contributed by atoms with E-state index in [9.17, 15) is 0 Å². The summed E-state index contributed by atoms with van der Waals surface area (Å²) in [6, 6.07) is 0. The molecule has 0 heterocycles. The summed E-state index contributed by atoms with van der Waals surface area (Å²) in [6.07, 6.45) is 3.49. The summed E-state index contributed by atoms with van der Waals surface area (Å²) >= 11 is 0. The van der Waals surface area contributed by atoms with Crippen LogP contribution < -0.4 is 22.1 Å². The Labute approximate surface area is 54.7 Å². The van der Waals surface area contributed by atoms with Crippen LogP contribution in [0.5, 0.6) is 0 Å². The lowest BCUT2D eigenvalue weighted by Gasteiger charge is -2.00. The van der Waals surface area contributed by atoms with Gasteiger partial charge < -0.3 is 10.7 Å². The fourth-order valence-electron chi connectivity index (χ4n) is 0.318. The van der Waals surface area contributed by atoms with Gasteiger partial charge in [0.05, 0.1) is 0 Å². The van der Waals surface area contributed by atoms with Crippen LogP contribution in [0.1, 0.15) is 0 Å². The number of allylic oxidation sites excluding steroid dienone is 1. The van der Waals surface area contributed by atoms with Crippen molar-refractivity contribution >= 4 is 0 Å². The molecule has 0 aliphatic rings. The van der Waals surface area contributed by atoms with E-state index in [1.165, 1.54) is 0 Å². The fraction of sp³-hybridized carbons (Fsp3) is 0.200. The van der Waals surface area contributed by atoms with Crippen LogP contribution in [0.4, 0.5) is 0 Å². The minimum atomic E-state index is 0.701. The summed E-state index contributed by atoms with van der Waals surface area (Å²) in [6.45, 7) is 3.60. The van der Waals surface area contributed by atoms with Gasteiger partial charge in [0.2, 0.25) is 0 Å². The molecule has 4 nitrogen and oxygen atoms in total. The Morgan fingerprint density at radius 3 is 2.78 bits per heavy atom. The van der Waals surface area contributed by atoms with Crippen LogP contribution in [0.2, 0.25) is 0 Å². The van der Waals surface area contributed by atoms with Crippen molar-refractivity contribution in [3.8, 4) is 0 Å². The van der Waals surface area contributed by atoms with E-state index < -0.39 is 0 Å². The Hall–Kier alpha value is -1.00. The molecule has 0 aromatic carbocycles. The second kappa shape index (κ2) is 5.14. The molecule has 9 heavy (non-hydrogen) atoms. The first-order valence-corrected chi connectivity index (χ1v) is 2.55. The molecule has 0 aromatic rings. The standard InChI is InChI=1S/C5H12N4/c1-5(8-9-6)3-4-7-2/h3-4,7-9H,1,6H2,2H3/b4-3-. The summed E-state index contributed by atoms with van der Waals surface area (Å²) in [5.74, 6) is 4.92. The highest BCUT2D eigenvalue weighted by Gasteiger charge is 1.77. The second-order valence-corrected chi connectivity index (χ2v) is 1.42. The molecule has 0 saturated carbocycles. The maximum Gasteiger partial charge on any atom is 0.0443 e. The van der Waals surface area contributed by atoms with E-state index >= 15 is 0 Å². The van der Waals surface area contributed by atoms with Crippen molar-refractivity contribution < 1.29 is 0 Å². The van der Waals surface area contributed by atoms with E-state index in [1.54, 1.807) is 19.3 Å². The summed E-state index contributed by atoms with van der Waals surface area (Å²) in [5, 5.41) is 2.81. The molecule has 0 rings (SSSR count). The Balaban J connectivity index is 3.37. The lowest BCUT2D eigenvalue weighted by atomic mass is 10.5. The van der Waals surface area contributed by atoms with E-state index in [0.29, 0.717) is 5.70 Å².